The Hall–Kier alpha value is -3.52. The molecule has 0 bridgehead atoms. The minimum Gasteiger partial charge on any atom is -0.487 e. The van der Waals surface area contributed by atoms with Crippen LogP contribution in [0, 0.1) is 6.92 Å². The number of oxazole rings is 1. The highest BCUT2D eigenvalue weighted by Crippen LogP contribution is 2.24. The van der Waals surface area contributed by atoms with Crippen molar-refractivity contribution < 1.29 is 28.6 Å². The van der Waals surface area contributed by atoms with Crippen molar-refractivity contribution in [2.45, 2.75) is 33.4 Å². The van der Waals surface area contributed by atoms with Crippen LogP contribution in [0.25, 0.3) is 11.5 Å². The molecule has 1 N–H and O–H groups in total. The van der Waals surface area contributed by atoms with Crippen LogP contribution < -0.4 is 4.74 Å². The second-order valence-corrected chi connectivity index (χ2v) is 7.77. The lowest BCUT2D eigenvalue weighted by atomic mass is 10.2. The first-order valence-corrected chi connectivity index (χ1v) is 10.8. The summed E-state index contributed by atoms with van der Waals surface area (Å²) in [7, 11) is 0. The fourth-order valence-electron chi connectivity index (χ4n) is 3.01. The maximum Gasteiger partial charge on any atom is 0.410 e. The van der Waals surface area contributed by atoms with Crippen LogP contribution in [0.15, 0.2) is 52.9 Å². The highest BCUT2D eigenvalue weighted by Gasteiger charge is 2.19. The van der Waals surface area contributed by atoms with Crippen LogP contribution in [-0.4, -0.2) is 40.2 Å². The highest BCUT2D eigenvalue weighted by molar-refractivity contribution is 6.30. The molecule has 0 atom stereocenters. The Labute approximate surface area is 196 Å². The van der Waals surface area contributed by atoms with Gasteiger partial charge in [-0.25, -0.2) is 9.78 Å². The van der Waals surface area contributed by atoms with Crippen molar-refractivity contribution in [3.05, 3.63) is 70.6 Å². The van der Waals surface area contributed by atoms with Crippen LogP contribution in [0.1, 0.15) is 30.4 Å². The molecular formula is C24H25ClN2O6. The van der Waals surface area contributed by atoms with Crippen molar-refractivity contribution in [1.29, 1.82) is 0 Å². The van der Waals surface area contributed by atoms with Gasteiger partial charge in [-0.3, -0.25) is 9.69 Å². The van der Waals surface area contributed by atoms with Crippen molar-refractivity contribution in [2.75, 3.05) is 13.2 Å². The first-order valence-electron chi connectivity index (χ1n) is 10.4. The monoisotopic (exact) mass is 472 g/mol. The number of carbonyl (C=O) groups excluding carboxylic acids is 1. The normalized spacial score (nSPS) is 10.6. The number of aliphatic carboxylic acids is 1. The molecule has 1 heterocycles. The molecule has 3 aromatic rings. The van der Waals surface area contributed by atoms with E-state index in [-0.39, 0.29) is 19.8 Å². The number of halogens is 1. The second-order valence-electron chi connectivity index (χ2n) is 7.33. The number of amides is 1. The van der Waals surface area contributed by atoms with E-state index in [9.17, 15) is 9.59 Å². The van der Waals surface area contributed by atoms with Crippen LogP contribution in [0.2, 0.25) is 5.02 Å². The molecule has 33 heavy (non-hydrogen) atoms. The Morgan fingerprint density at radius 3 is 2.64 bits per heavy atom. The van der Waals surface area contributed by atoms with E-state index in [4.69, 9.17) is 30.6 Å². The second kappa shape index (κ2) is 11.4. The Balaban J connectivity index is 1.66. The fraction of sp³-hybridized carbons (Fsp3) is 0.292. The van der Waals surface area contributed by atoms with Gasteiger partial charge in [0.2, 0.25) is 5.89 Å². The highest BCUT2D eigenvalue weighted by atomic mass is 35.5. The number of nitrogens with zero attached hydrogens (tertiary/aromatic N) is 2. The minimum absolute atomic E-state index is 0.0791. The third-order valence-corrected chi connectivity index (χ3v) is 4.90. The van der Waals surface area contributed by atoms with Crippen molar-refractivity contribution in [1.82, 2.24) is 9.88 Å². The molecule has 3 rings (SSSR count). The Morgan fingerprint density at radius 2 is 1.94 bits per heavy atom. The lowest BCUT2D eigenvalue weighted by Crippen LogP contribution is -2.35. The third kappa shape index (κ3) is 6.98. The van der Waals surface area contributed by atoms with Crippen molar-refractivity contribution in [2.24, 2.45) is 0 Å². The van der Waals surface area contributed by atoms with Crippen molar-refractivity contribution in [3.8, 4) is 17.2 Å². The standard InChI is InChI=1S/C24H25ClN2O6/c1-3-11-31-24(30)27(14-22(28)29)13-17-5-4-6-20(12-17)32-15-21-16(2)33-23(26-21)18-7-9-19(25)10-8-18/h4-10,12H,3,11,13-15H2,1-2H3,(H,28,29). The summed E-state index contributed by atoms with van der Waals surface area (Å²) in [5.41, 5.74) is 2.17. The van der Waals surface area contributed by atoms with Crippen molar-refractivity contribution in [3.63, 3.8) is 0 Å². The molecule has 0 aliphatic rings. The predicted octanol–water partition coefficient (Wildman–Crippen LogP) is 5.32. The molecular weight excluding hydrogens is 448 g/mol. The van der Waals surface area contributed by atoms with Gasteiger partial charge in [0.25, 0.3) is 0 Å². The van der Waals surface area contributed by atoms with E-state index in [0.29, 0.717) is 40.1 Å². The SMILES string of the molecule is CCCOC(=O)N(CC(=O)O)Cc1cccc(OCc2nc(-c3ccc(Cl)cc3)oc2C)c1. The topological polar surface area (TPSA) is 102 Å². The van der Waals surface area contributed by atoms with Gasteiger partial charge in [0.15, 0.2) is 0 Å². The molecule has 0 spiro atoms. The molecule has 0 unspecified atom stereocenters. The summed E-state index contributed by atoms with van der Waals surface area (Å²) in [5, 5.41) is 9.76. The zero-order valence-corrected chi connectivity index (χ0v) is 19.2. The largest absolute Gasteiger partial charge is 0.487 e. The van der Waals surface area contributed by atoms with Gasteiger partial charge < -0.3 is 19.0 Å². The molecule has 0 saturated heterocycles. The lowest BCUT2D eigenvalue weighted by Gasteiger charge is -2.20. The van der Waals surface area contributed by atoms with Gasteiger partial charge in [0.1, 0.15) is 30.4 Å². The molecule has 0 radical (unpaired) electrons. The number of benzene rings is 2. The van der Waals surface area contributed by atoms with Crippen LogP contribution in [0.3, 0.4) is 0 Å². The Morgan fingerprint density at radius 1 is 1.18 bits per heavy atom. The molecule has 1 aromatic heterocycles. The molecule has 0 saturated carbocycles. The summed E-state index contributed by atoms with van der Waals surface area (Å²) in [6, 6.07) is 14.3. The number of carbonyl (C=O) groups is 2. The number of aryl methyl sites for hydroxylation is 1. The van der Waals surface area contributed by atoms with E-state index in [0.717, 1.165) is 10.5 Å². The quantitative estimate of drug-likeness (QED) is 0.426. The van der Waals surface area contributed by atoms with Gasteiger partial charge >= 0.3 is 12.1 Å². The molecule has 0 aliphatic heterocycles. The summed E-state index contributed by atoms with van der Waals surface area (Å²) in [6.07, 6.45) is -0.0181. The van der Waals surface area contributed by atoms with E-state index in [1.54, 1.807) is 36.4 Å². The number of ether oxygens (including phenoxy) is 2. The summed E-state index contributed by atoms with van der Waals surface area (Å²) >= 11 is 5.93. The Kier molecular flexibility index (Phi) is 8.32. The van der Waals surface area contributed by atoms with Gasteiger partial charge in [-0.15, -0.1) is 0 Å². The maximum absolute atomic E-state index is 12.2. The maximum atomic E-state index is 12.2. The van der Waals surface area contributed by atoms with E-state index >= 15 is 0 Å². The predicted molar refractivity (Wildman–Crippen MR) is 122 cm³/mol. The first kappa shape index (κ1) is 24.1. The van der Waals surface area contributed by atoms with Gasteiger partial charge in [0.05, 0.1) is 6.61 Å². The average Bonchev–Trinajstić information content (AvgIpc) is 3.16. The molecule has 1 amide bonds. The molecule has 2 aromatic carbocycles. The number of hydrogen-bond acceptors (Lipinski definition) is 6. The Bertz CT molecular complexity index is 1100. The number of carboxylic acids is 1. The lowest BCUT2D eigenvalue weighted by molar-refractivity contribution is -0.138. The van der Waals surface area contributed by atoms with Gasteiger partial charge in [-0.05, 0) is 55.3 Å². The van der Waals surface area contributed by atoms with Gasteiger partial charge in [-0.1, -0.05) is 30.7 Å². The molecule has 0 aliphatic carbocycles. The van der Waals surface area contributed by atoms with E-state index < -0.39 is 18.6 Å². The summed E-state index contributed by atoms with van der Waals surface area (Å²) in [4.78, 5) is 29.0. The molecule has 174 valence electrons. The van der Waals surface area contributed by atoms with Gasteiger partial charge in [-0.2, -0.15) is 0 Å². The summed E-state index contributed by atoms with van der Waals surface area (Å²) < 4.78 is 16.7. The number of hydrogen-bond donors (Lipinski definition) is 1. The van der Waals surface area contributed by atoms with Gasteiger partial charge in [0, 0.05) is 17.1 Å². The van der Waals surface area contributed by atoms with Crippen molar-refractivity contribution >= 4 is 23.7 Å². The first-order chi connectivity index (χ1) is 15.9. The zero-order chi connectivity index (χ0) is 23.8. The van der Waals surface area contributed by atoms with E-state index in [2.05, 4.69) is 4.98 Å². The van der Waals surface area contributed by atoms with Crippen LogP contribution in [0.4, 0.5) is 4.79 Å². The van der Waals surface area contributed by atoms with E-state index in [1.165, 1.54) is 0 Å². The van der Waals surface area contributed by atoms with Crippen LogP contribution >= 0.6 is 11.6 Å². The summed E-state index contributed by atoms with van der Waals surface area (Å²) in [5.74, 6) is 0.558. The third-order valence-electron chi connectivity index (χ3n) is 4.65. The summed E-state index contributed by atoms with van der Waals surface area (Å²) in [6.45, 7) is 3.71. The molecule has 9 heteroatoms. The number of rotatable bonds is 10. The molecule has 8 nitrogen and oxygen atoms in total. The van der Waals surface area contributed by atoms with Crippen LogP contribution in [-0.2, 0) is 22.7 Å². The minimum atomic E-state index is -1.12. The fourth-order valence-corrected chi connectivity index (χ4v) is 3.14. The van der Waals surface area contributed by atoms with E-state index in [1.807, 2.05) is 26.0 Å². The molecule has 0 fully saturated rings. The zero-order valence-electron chi connectivity index (χ0n) is 18.4. The van der Waals surface area contributed by atoms with Crippen LogP contribution in [0.5, 0.6) is 5.75 Å². The smallest absolute Gasteiger partial charge is 0.410 e. The number of carboxylic acid groups (broad SMARTS) is 1. The average molecular weight is 473 g/mol. The number of aromatic nitrogens is 1.